The van der Waals surface area contributed by atoms with E-state index in [1.807, 2.05) is 0 Å². The number of rotatable bonds is 6. The summed E-state index contributed by atoms with van der Waals surface area (Å²) in [5.74, 6) is -1.88. The summed E-state index contributed by atoms with van der Waals surface area (Å²) >= 11 is 0. The molecule has 0 aromatic heterocycles. The number of hydrogen-bond acceptors (Lipinski definition) is 6. The monoisotopic (exact) mass is 528 g/mol. The number of sulfone groups is 1. The summed E-state index contributed by atoms with van der Waals surface area (Å²) in [6.07, 6.45) is -5.29. The SMILES string of the molecule is CC(C)[C@@H](O)C(=O)N1Cc2cc(S(C)(=O)=O)ccc2C1C(=O)Nc1ccc(C(C)(O)C(F)(F)F)cc1. The lowest BCUT2D eigenvalue weighted by Crippen LogP contribution is -2.43. The lowest BCUT2D eigenvalue weighted by atomic mass is 9.95. The van der Waals surface area contributed by atoms with Gasteiger partial charge in [0.1, 0.15) is 12.1 Å². The third kappa shape index (κ3) is 5.25. The lowest BCUT2D eigenvalue weighted by Gasteiger charge is -2.28. The van der Waals surface area contributed by atoms with Crippen molar-refractivity contribution in [2.45, 2.75) is 56.1 Å². The summed E-state index contributed by atoms with van der Waals surface area (Å²) in [6, 6.07) is 7.31. The number of amides is 2. The van der Waals surface area contributed by atoms with Crippen LogP contribution < -0.4 is 5.32 Å². The van der Waals surface area contributed by atoms with Gasteiger partial charge in [-0.2, -0.15) is 13.2 Å². The van der Waals surface area contributed by atoms with Gasteiger partial charge in [-0.15, -0.1) is 0 Å². The van der Waals surface area contributed by atoms with Gasteiger partial charge in [-0.25, -0.2) is 8.42 Å². The Bertz CT molecular complexity index is 1270. The van der Waals surface area contributed by atoms with Crippen LogP contribution in [0, 0.1) is 5.92 Å². The maximum Gasteiger partial charge on any atom is 0.421 e. The zero-order valence-electron chi connectivity index (χ0n) is 20.0. The van der Waals surface area contributed by atoms with E-state index in [1.54, 1.807) is 13.8 Å². The largest absolute Gasteiger partial charge is 0.421 e. The number of nitrogens with zero attached hydrogens (tertiary/aromatic N) is 1. The van der Waals surface area contributed by atoms with E-state index in [4.69, 9.17) is 0 Å². The highest BCUT2D eigenvalue weighted by molar-refractivity contribution is 7.90. The fraction of sp³-hybridized carbons (Fsp3) is 0.417. The molecule has 3 rings (SSSR count). The standard InChI is InChI=1S/C24H27F3N2O6S/c1-13(2)20(30)22(32)29-12-14-11-17(36(4,34)35)9-10-18(14)19(29)21(31)28-16-7-5-15(6-8-16)23(3,33)24(25,26)27/h5-11,13,19-20,30,33H,12H2,1-4H3,(H,28,31)/t19?,20-,23?/m1/s1. The molecule has 0 saturated heterocycles. The van der Waals surface area contributed by atoms with Gasteiger partial charge in [0.25, 0.3) is 11.8 Å². The first kappa shape index (κ1) is 27.6. The summed E-state index contributed by atoms with van der Waals surface area (Å²) in [7, 11) is -3.56. The zero-order valence-corrected chi connectivity index (χ0v) is 20.8. The fourth-order valence-corrected chi connectivity index (χ4v) is 4.53. The molecule has 2 unspecified atom stereocenters. The van der Waals surface area contributed by atoms with E-state index in [9.17, 15) is 41.4 Å². The molecule has 1 heterocycles. The first-order valence-electron chi connectivity index (χ1n) is 11.0. The number of fused-ring (bicyclic) bond motifs is 1. The Kier molecular flexibility index (Phi) is 7.28. The highest BCUT2D eigenvalue weighted by Gasteiger charge is 2.51. The number of alkyl halides is 3. The maximum absolute atomic E-state index is 13.3. The van der Waals surface area contributed by atoms with Crippen molar-refractivity contribution in [1.82, 2.24) is 4.90 Å². The van der Waals surface area contributed by atoms with Crippen LogP contribution in [-0.2, 0) is 31.6 Å². The van der Waals surface area contributed by atoms with Crippen LogP contribution in [-0.4, -0.2) is 53.9 Å². The summed E-state index contributed by atoms with van der Waals surface area (Å²) in [4.78, 5) is 27.4. The van der Waals surface area contributed by atoms with Crippen LogP contribution in [0.1, 0.15) is 43.5 Å². The first-order chi connectivity index (χ1) is 16.4. The van der Waals surface area contributed by atoms with E-state index >= 15 is 0 Å². The van der Waals surface area contributed by atoms with E-state index in [-0.39, 0.29) is 17.1 Å². The average molecular weight is 529 g/mol. The molecule has 2 amide bonds. The van der Waals surface area contributed by atoms with Gasteiger partial charge in [0.2, 0.25) is 0 Å². The van der Waals surface area contributed by atoms with Gasteiger partial charge >= 0.3 is 6.18 Å². The van der Waals surface area contributed by atoms with Crippen LogP contribution in [0.4, 0.5) is 18.9 Å². The van der Waals surface area contributed by atoms with E-state index < -0.39 is 57.1 Å². The van der Waals surface area contributed by atoms with Crippen LogP contribution >= 0.6 is 0 Å². The molecule has 1 aliphatic rings. The minimum atomic E-state index is -4.91. The van der Waals surface area contributed by atoms with Crippen molar-refractivity contribution in [3.05, 3.63) is 59.2 Å². The van der Waals surface area contributed by atoms with Gasteiger partial charge in [0.05, 0.1) is 4.90 Å². The Morgan fingerprint density at radius 1 is 1.11 bits per heavy atom. The molecule has 8 nitrogen and oxygen atoms in total. The van der Waals surface area contributed by atoms with Gasteiger partial charge in [0, 0.05) is 18.5 Å². The molecule has 3 atom stereocenters. The highest BCUT2D eigenvalue weighted by Crippen LogP contribution is 2.39. The Morgan fingerprint density at radius 2 is 1.69 bits per heavy atom. The normalized spacial score (nSPS) is 18.5. The number of carbonyl (C=O) groups is 2. The topological polar surface area (TPSA) is 124 Å². The number of anilines is 1. The molecular weight excluding hydrogens is 501 g/mol. The maximum atomic E-state index is 13.3. The Hall–Kier alpha value is -2.96. The highest BCUT2D eigenvalue weighted by atomic mass is 32.2. The van der Waals surface area contributed by atoms with Gasteiger partial charge in [0.15, 0.2) is 15.4 Å². The molecule has 0 bridgehead atoms. The quantitative estimate of drug-likeness (QED) is 0.530. The molecule has 2 aromatic rings. The number of nitrogens with one attached hydrogen (secondary N) is 1. The molecule has 3 N–H and O–H groups in total. The number of aliphatic hydroxyl groups excluding tert-OH is 1. The molecule has 0 fully saturated rings. The van der Waals surface area contributed by atoms with E-state index in [0.29, 0.717) is 18.1 Å². The van der Waals surface area contributed by atoms with Crippen LogP contribution in [0.5, 0.6) is 0 Å². The molecular formula is C24H27F3N2O6S. The third-order valence-electron chi connectivity index (χ3n) is 6.17. The van der Waals surface area contributed by atoms with Crippen LogP contribution in [0.2, 0.25) is 0 Å². The van der Waals surface area contributed by atoms with Crippen molar-refractivity contribution in [2.75, 3.05) is 11.6 Å². The molecule has 196 valence electrons. The number of carbonyl (C=O) groups excluding carboxylic acids is 2. The Labute approximate surface area is 206 Å². The third-order valence-corrected chi connectivity index (χ3v) is 7.28. The van der Waals surface area contributed by atoms with Crippen LogP contribution in [0.3, 0.4) is 0 Å². The second-order valence-corrected chi connectivity index (χ2v) is 11.3. The molecule has 1 aliphatic heterocycles. The number of benzene rings is 2. The predicted octanol–water partition coefficient (Wildman–Crippen LogP) is 2.90. The Balaban J connectivity index is 1.95. The average Bonchev–Trinajstić information content (AvgIpc) is 3.16. The van der Waals surface area contributed by atoms with E-state index in [2.05, 4.69) is 5.32 Å². The minimum absolute atomic E-state index is 0.00595. The molecule has 0 saturated carbocycles. The van der Waals surface area contributed by atoms with Crippen molar-refractivity contribution >= 4 is 27.3 Å². The summed E-state index contributed by atoms with van der Waals surface area (Å²) in [6.45, 7) is 3.75. The summed E-state index contributed by atoms with van der Waals surface area (Å²) < 4.78 is 63.3. The molecule has 2 aromatic carbocycles. The van der Waals surface area contributed by atoms with Crippen LogP contribution in [0.25, 0.3) is 0 Å². The second-order valence-electron chi connectivity index (χ2n) is 9.33. The van der Waals surface area contributed by atoms with Crippen molar-refractivity contribution in [3.8, 4) is 0 Å². The van der Waals surface area contributed by atoms with Crippen molar-refractivity contribution in [1.29, 1.82) is 0 Å². The fourth-order valence-electron chi connectivity index (χ4n) is 3.85. The van der Waals surface area contributed by atoms with Gasteiger partial charge in [-0.1, -0.05) is 32.0 Å². The predicted molar refractivity (Wildman–Crippen MR) is 124 cm³/mol. The summed E-state index contributed by atoms with van der Waals surface area (Å²) in [5, 5.41) is 22.7. The van der Waals surface area contributed by atoms with Gasteiger partial charge < -0.3 is 20.4 Å². The summed E-state index contributed by atoms with van der Waals surface area (Å²) in [5.41, 5.74) is -2.63. The van der Waals surface area contributed by atoms with Crippen LogP contribution in [0.15, 0.2) is 47.4 Å². The minimum Gasteiger partial charge on any atom is -0.383 e. The van der Waals surface area contributed by atoms with Gasteiger partial charge in [-0.3, -0.25) is 9.59 Å². The molecule has 12 heteroatoms. The van der Waals surface area contributed by atoms with E-state index in [1.165, 1.54) is 30.3 Å². The first-order valence-corrected chi connectivity index (χ1v) is 12.9. The molecule has 36 heavy (non-hydrogen) atoms. The van der Waals surface area contributed by atoms with Crippen molar-refractivity contribution in [3.63, 3.8) is 0 Å². The van der Waals surface area contributed by atoms with Crippen molar-refractivity contribution in [2.24, 2.45) is 5.92 Å². The molecule has 0 spiro atoms. The lowest BCUT2D eigenvalue weighted by molar-refractivity contribution is -0.258. The Morgan fingerprint density at radius 3 is 2.19 bits per heavy atom. The smallest absolute Gasteiger partial charge is 0.383 e. The molecule has 0 radical (unpaired) electrons. The van der Waals surface area contributed by atoms with Crippen molar-refractivity contribution < 1.29 is 41.4 Å². The number of aliphatic hydroxyl groups is 2. The number of hydrogen-bond donors (Lipinski definition) is 3. The second kappa shape index (κ2) is 9.49. The zero-order chi connectivity index (χ0) is 27.2. The van der Waals surface area contributed by atoms with Gasteiger partial charge in [-0.05, 0) is 53.8 Å². The molecule has 0 aliphatic carbocycles. The van der Waals surface area contributed by atoms with E-state index in [0.717, 1.165) is 23.3 Å². The number of halogens is 3.